The fourth-order valence-corrected chi connectivity index (χ4v) is 4.70. The van der Waals surface area contributed by atoms with Crippen LogP contribution in [0.5, 0.6) is 0 Å². The number of carbonyl (C=O) groups is 2. The Morgan fingerprint density at radius 3 is 2.71 bits per heavy atom. The molecule has 1 aromatic rings. The van der Waals surface area contributed by atoms with Gasteiger partial charge in [0.05, 0.1) is 36.9 Å². The number of carbonyl (C=O) groups excluding carboxylic acids is 2. The van der Waals surface area contributed by atoms with E-state index < -0.39 is 18.3 Å². The average molecular weight is 457 g/mol. The van der Waals surface area contributed by atoms with Gasteiger partial charge in [0.2, 0.25) is 0 Å². The van der Waals surface area contributed by atoms with E-state index in [4.69, 9.17) is 14.6 Å². The van der Waals surface area contributed by atoms with Crippen molar-refractivity contribution in [2.75, 3.05) is 12.9 Å². The van der Waals surface area contributed by atoms with Gasteiger partial charge in [-0.15, -0.1) is 0 Å². The Kier molecular flexibility index (Phi) is 8.28. The molecule has 2 saturated heterocycles. The van der Waals surface area contributed by atoms with Crippen molar-refractivity contribution in [3.05, 3.63) is 11.9 Å². The number of aryl methyl sites for hydroxylation is 1. The van der Waals surface area contributed by atoms with Crippen molar-refractivity contribution in [1.29, 1.82) is 0 Å². The monoisotopic (exact) mass is 456 g/mol. The minimum Gasteiger partial charge on any atom is -0.396 e. The SMILES string of the molecule is CSc1nc(C(=O)CC(=O)C[C@@H]2O[C@H](C[C@@H]3O[C@H]3[C@@H](C)CCO)C[C@@H](O)[C@H]2O)cn1C. The molecule has 0 saturated carbocycles. The van der Waals surface area contributed by atoms with Crippen LogP contribution in [0.25, 0.3) is 0 Å². The molecule has 0 unspecified atom stereocenters. The summed E-state index contributed by atoms with van der Waals surface area (Å²) in [6.45, 7) is 2.13. The Balaban J connectivity index is 1.52. The first kappa shape index (κ1) is 24.3. The van der Waals surface area contributed by atoms with Crippen molar-refractivity contribution in [2.24, 2.45) is 13.0 Å². The van der Waals surface area contributed by atoms with E-state index in [-0.39, 0.29) is 67.4 Å². The first-order valence-electron chi connectivity index (χ1n) is 10.6. The van der Waals surface area contributed by atoms with Crippen LogP contribution in [0.15, 0.2) is 11.4 Å². The molecule has 3 heterocycles. The molecule has 0 aromatic carbocycles. The van der Waals surface area contributed by atoms with Gasteiger partial charge < -0.3 is 29.4 Å². The molecule has 3 N–H and O–H groups in total. The molecule has 10 heteroatoms. The lowest BCUT2D eigenvalue weighted by molar-refractivity contribution is -0.174. The van der Waals surface area contributed by atoms with Crippen LogP contribution in [0.2, 0.25) is 0 Å². The zero-order valence-electron chi connectivity index (χ0n) is 18.1. The molecule has 3 rings (SSSR count). The van der Waals surface area contributed by atoms with Crippen molar-refractivity contribution in [1.82, 2.24) is 9.55 Å². The van der Waals surface area contributed by atoms with Gasteiger partial charge in [-0.05, 0) is 18.6 Å². The zero-order valence-corrected chi connectivity index (χ0v) is 19.0. The third-order valence-corrected chi connectivity index (χ3v) is 6.74. The number of aromatic nitrogens is 2. The Morgan fingerprint density at radius 2 is 2.06 bits per heavy atom. The van der Waals surface area contributed by atoms with E-state index in [1.807, 2.05) is 13.2 Å². The number of hydrogen-bond donors (Lipinski definition) is 3. The predicted molar refractivity (Wildman–Crippen MR) is 113 cm³/mol. The van der Waals surface area contributed by atoms with Crippen LogP contribution in [0.3, 0.4) is 0 Å². The van der Waals surface area contributed by atoms with Gasteiger partial charge in [0.25, 0.3) is 0 Å². The highest BCUT2D eigenvalue weighted by molar-refractivity contribution is 7.98. The minimum absolute atomic E-state index is 0.0123. The standard InChI is InChI=1S/C21H32N2O7S/c1-11(4-5-24)20-18(30-20)9-13-8-16(27)19(28)17(29-13)7-12(25)6-15(26)14-10-23(2)21(22-14)31-3/h10-11,13,16-20,24,27-28H,4-9H2,1-3H3/t11-,13-,16+,17-,18-,19+,20-/m0/s1. The van der Waals surface area contributed by atoms with Crippen LogP contribution in [0, 0.1) is 5.92 Å². The molecule has 0 spiro atoms. The molecule has 31 heavy (non-hydrogen) atoms. The number of aliphatic hydroxyl groups excluding tert-OH is 3. The van der Waals surface area contributed by atoms with Crippen molar-refractivity contribution in [2.45, 2.75) is 80.8 Å². The molecule has 174 valence electrons. The van der Waals surface area contributed by atoms with Gasteiger partial charge in [0, 0.05) is 39.1 Å². The molecule has 0 aliphatic carbocycles. The number of epoxide rings is 1. The summed E-state index contributed by atoms with van der Waals surface area (Å²) in [7, 11) is 1.78. The number of imidazole rings is 1. The van der Waals surface area contributed by atoms with Gasteiger partial charge in [0.1, 0.15) is 17.6 Å². The molecule has 2 fully saturated rings. The number of aliphatic hydroxyl groups is 3. The zero-order chi connectivity index (χ0) is 22.7. The number of rotatable bonds is 11. The van der Waals surface area contributed by atoms with E-state index in [2.05, 4.69) is 4.98 Å². The summed E-state index contributed by atoms with van der Waals surface area (Å²) >= 11 is 1.41. The number of nitrogens with zero attached hydrogens (tertiary/aromatic N) is 2. The van der Waals surface area contributed by atoms with Crippen molar-refractivity contribution in [3.8, 4) is 0 Å². The highest BCUT2D eigenvalue weighted by Crippen LogP contribution is 2.37. The van der Waals surface area contributed by atoms with Crippen LogP contribution in [0.1, 0.15) is 49.5 Å². The quantitative estimate of drug-likeness (QED) is 0.191. The van der Waals surface area contributed by atoms with E-state index in [1.54, 1.807) is 17.8 Å². The Hall–Kier alpha value is -1.30. The fourth-order valence-electron chi connectivity index (χ4n) is 4.17. The number of ketones is 2. The van der Waals surface area contributed by atoms with Gasteiger partial charge in [-0.2, -0.15) is 0 Å². The summed E-state index contributed by atoms with van der Waals surface area (Å²) in [6.07, 6.45) is 1.09. The highest BCUT2D eigenvalue weighted by Gasteiger charge is 2.46. The van der Waals surface area contributed by atoms with Gasteiger partial charge in [0.15, 0.2) is 10.9 Å². The summed E-state index contributed by atoms with van der Waals surface area (Å²) in [5.41, 5.74) is 0.233. The second-order valence-electron chi connectivity index (χ2n) is 8.52. The molecule has 9 nitrogen and oxygen atoms in total. The summed E-state index contributed by atoms with van der Waals surface area (Å²) in [6, 6.07) is 0. The van der Waals surface area contributed by atoms with E-state index >= 15 is 0 Å². The smallest absolute Gasteiger partial charge is 0.190 e. The van der Waals surface area contributed by atoms with Crippen molar-refractivity contribution < 1.29 is 34.4 Å². The van der Waals surface area contributed by atoms with E-state index in [0.29, 0.717) is 18.0 Å². The molecule has 2 aliphatic heterocycles. The summed E-state index contributed by atoms with van der Waals surface area (Å²) in [4.78, 5) is 29.1. The maximum Gasteiger partial charge on any atom is 0.190 e. The summed E-state index contributed by atoms with van der Waals surface area (Å²) in [5.74, 6) is -0.513. The highest BCUT2D eigenvalue weighted by atomic mass is 32.2. The molecule has 7 atom stereocenters. The Labute approximate surface area is 186 Å². The normalized spacial score (nSPS) is 31.4. The lowest BCUT2D eigenvalue weighted by atomic mass is 9.91. The van der Waals surface area contributed by atoms with Crippen LogP contribution < -0.4 is 0 Å². The number of ether oxygens (including phenoxy) is 2. The number of thioether (sulfide) groups is 1. The summed E-state index contributed by atoms with van der Waals surface area (Å²) < 4.78 is 13.3. The molecule has 1 aromatic heterocycles. The van der Waals surface area contributed by atoms with E-state index in [1.165, 1.54) is 11.8 Å². The van der Waals surface area contributed by atoms with Crippen LogP contribution in [-0.4, -0.2) is 85.9 Å². The van der Waals surface area contributed by atoms with E-state index in [9.17, 15) is 19.8 Å². The lowest BCUT2D eigenvalue weighted by Gasteiger charge is -2.37. The van der Waals surface area contributed by atoms with Gasteiger partial charge in [-0.1, -0.05) is 18.7 Å². The predicted octanol–water partition coefficient (Wildman–Crippen LogP) is 0.729. The molecule has 0 bridgehead atoms. The topological polar surface area (TPSA) is 134 Å². The molecular formula is C21H32N2O7S. The first-order valence-corrected chi connectivity index (χ1v) is 11.9. The van der Waals surface area contributed by atoms with Gasteiger partial charge >= 0.3 is 0 Å². The van der Waals surface area contributed by atoms with Crippen LogP contribution in [0.4, 0.5) is 0 Å². The number of Topliss-reactive ketones (excluding diaryl/α,β-unsaturated/α-hetero) is 2. The third-order valence-electron chi connectivity index (χ3n) is 6.00. The van der Waals surface area contributed by atoms with Crippen LogP contribution >= 0.6 is 11.8 Å². The third kappa shape index (κ3) is 6.15. The summed E-state index contributed by atoms with van der Waals surface area (Å²) in [5, 5.41) is 30.3. The molecule has 0 radical (unpaired) electrons. The Morgan fingerprint density at radius 1 is 1.32 bits per heavy atom. The largest absolute Gasteiger partial charge is 0.396 e. The maximum atomic E-state index is 12.5. The first-order chi connectivity index (χ1) is 14.7. The second-order valence-corrected chi connectivity index (χ2v) is 9.29. The van der Waals surface area contributed by atoms with Crippen LogP contribution in [-0.2, 0) is 21.3 Å². The Bertz CT molecular complexity index is 786. The average Bonchev–Trinajstić information content (AvgIpc) is 3.37. The van der Waals surface area contributed by atoms with Gasteiger partial charge in [-0.25, -0.2) is 4.98 Å². The lowest BCUT2D eigenvalue weighted by Crippen LogP contribution is -2.49. The maximum absolute atomic E-state index is 12.5. The van der Waals surface area contributed by atoms with Gasteiger partial charge in [-0.3, -0.25) is 9.59 Å². The van der Waals surface area contributed by atoms with Crippen molar-refractivity contribution >= 4 is 23.3 Å². The van der Waals surface area contributed by atoms with E-state index in [0.717, 1.165) is 0 Å². The fraction of sp³-hybridized carbons (Fsp3) is 0.762. The molecule has 0 amide bonds. The molecular weight excluding hydrogens is 424 g/mol. The second kappa shape index (κ2) is 10.5. The van der Waals surface area contributed by atoms with Crippen molar-refractivity contribution in [3.63, 3.8) is 0 Å². The minimum atomic E-state index is -1.18. The number of hydrogen-bond acceptors (Lipinski definition) is 9. The molecule has 2 aliphatic rings.